The van der Waals surface area contributed by atoms with Gasteiger partial charge < -0.3 is 5.43 Å². The minimum Gasteiger partial charge on any atom is -0.324 e. The lowest BCUT2D eigenvalue weighted by Gasteiger charge is -2.10. The summed E-state index contributed by atoms with van der Waals surface area (Å²) in [5, 5.41) is 0. The molecule has 112 valence electrons. The number of aryl methyl sites for hydroxylation is 1. The minimum absolute atomic E-state index is 0.218. The zero-order valence-corrected chi connectivity index (χ0v) is 12.7. The fraction of sp³-hybridized carbons (Fsp3) is 0.200. The van der Waals surface area contributed by atoms with E-state index in [1.54, 1.807) is 12.1 Å². The summed E-state index contributed by atoms with van der Waals surface area (Å²) in [5.41, 5.74) is 5.25. The molecule has 0 amide bonds. The number of nitrogens with one attached hydrogen (secondary N) is 2. The van der Waals surface area contributed by atoms with Gasteiger partial charge >= 0.3 is 0 Å². The number of nitrogen functional groups attached to an aromatic ring is 1. The van der Waals surface area contributed by atoms with E-state index in [0.717, 1.165) is 17.5 Å². The molecule has 0 unspecified atom stereocenters. The maximum atomic E-state index is 12.2. The van der Waals surface area contributed by atoms with Crippen molar-refractivity contribution in [2.24, 2.45) is 5.84 Å². The van der Waals surface area contributed by atoms with Gasteiger partial charge in [0.2, 0.25) is 10.0 Å². The summed E-state index contributed by atoms with van der Waals surface area (Å²) in [6, 6.07) is 14.1. The zero-order chi connectivity index (χ0) is 15.3. The zero-order valence-electron chi connectivity index (χ0n) is 11.8. The Kier molecular flexibility index (Phi) is 4.95. The number of benzene rings is 2. The van der Waals surface area contributed by atoms with Gasteiger partial charge in [-0.3, -0.25) is 5.84 Å². The van der Waals surface area contributed by atoms with Crippen LogP contribution in [0.25, 0.3) is 0 Å². The summed E-state index contributed by atoms with van der Waals surface area (Å²) in [7, 11) is -3.53. The molecule has 21 heavy (non-hydrogen) atoms. The topological polar surface area (TPSA) is 84.2 Å². The predicted octanol–water partition coefficient (Wildman–Crippen LogP) is 2.01. The largest absolute Gasteiger partial charge is 0.324 e. The van der Waals surface area contributed by atoms with Gasteiger partial charge in [0.25, 0.3) is 0 Å². The summed E-state index contributed by atoms with van der Waals surface area (Å²) in [6.07, 6.45) is 0.870. The van der Waals surface area contributed by atoms with Crippen molar-refractivity contribution in [3.8, 4) is 0 Å². The van der Waals surface area contributed by atoms with Crippen LogP contribution in [0.4, 0.5) is 5.69 Å². The molecule has 0 aromatic heterocycles. The molecule has 0 aliphatic carbocycles. The average Bonchev–Trinajstić information content (AvgIpc) is 2.53. The molecule has 4 N–H and O–H groups in total. The summed E-state index contributed by atoms with van der Waals surface area (Å²) >= 11 is 0. The van der Waals surface area contributed by atoms with Crippen molar-refractivity contribution < 1.29 is 8.42 Å². The Morgan fingerprint density at radius 2 is 1.62 bits per heavy atom. The van der Waals surface area contributed by atoms with Crippen molar-refractivity contribution in [2.75, 3.05) is 5.43 Å². The second-order valence-electron chi connectivity index (χ2n) is 4.62. The van der Waals surface area contributed by atoms with Crippen LogP contribution in [0, 0.1) is 0 Å². The third-order valence-corrected chi connectivity index (χ3v) is 4.70. The third kappa shape index (κ3) is 3.81. The van der Waals surface area contributed by atoms with Crippen LogP contribution in [0.3, 0.4) is 0 Å². The van der Waals surface area contributed by atoms with E-state index in [9.17, 15) is 8.42 Å². The molecule has 0 aliphatic rings. The Labute approximate surface area is 125 Å². The van der Waals surface area contributed by atoms with Gasteiger partial charge in [0.15, 0.2) is 0 Å². The van der Waals surface area contributed by atoms with Crippen molar-refractivity contribution in [3.05, 3.63) is 59.7 Å². The SMILES string of the molecule is CCc1ccccc1CNS(=O)(=O)c1ccc(NN)cc1. The Morgan fingerprint density at radius 3 is 2.19 bits per heavy atom. The average molecular weight is 305 g/mol. The van der Waals surface area contributed by atoms with Gasteiger partial charge in [-0.05, 0) is 41.8 Å². The molecule has 5 nitrogen and oxygen atoms in total. The van der Waals surface area contributed by atoms with Crippen LogP contribution in [0.2, 0.25) is 0 Å². The molecule has 2 aromatic carbocycles. The number of hydrogen-bond donors (Lipinski definition) is 3. The van der Waals surface area contributed by atoms with Crippen LogP contribution in [-0.2, 0) is 23.0 Å². The Bertz CT molecular complexity index is 697. The molecule has 0 saturated carbocycles. The van der Waals surface area contributed by atoms with E-state index in [1.807, 2.05) is 31.2 Å². The number of sulfonamides is 1. The van der Waals surface area contributed by atoms with Gasteiger partial charge in [0.05, 0.1) is 4.90 Å². The smallest absolute Gasteiger partial charge is 0.240 e. The first kappa shape index (κ1) is 15.5. The summed E-state index contributed by atoms with van der Waals surface area (Å²) < 4.78 is 27.1. The summed E-state index contributed by atoms with van der Waals surface area (Å²) in [4.78, 5) is 0.218. The van der Waals surface area contributed by atoms with Crippen LogP contribution in [0.5, 0.6) is 0 Å². The van der Waals surface area contributed by atoms with E-state index >= 15 is 0 Å². The number of anilines is 1. The number of hydrazine groups is 1. The van der Waals surface area contributed by atoms with Crippen LogP contribution in [0.1, 0.15) is 18.1 Å². The first-order valence-corrected chi connectivity index (χ1v) is 8.18. The van der Waals surface area contributed by atoms with E-state index < -0.39 is 10.0 Å². The highest BCUT2D eigenvalue weighted by atomic mass is 32.2. The fourth-order valence-electron chi connectivity index (χ4n) is 2.06. The highest BCUT2D eigenvalue weighted by Gasteiger charge is 2.14. The second kappa shape index (κ2) is 6.71. The molecule has 0 bridgehead atoms. The van der Waals surface area contributed by atoms with E-state index in [1.165, 1.54) is 12.1 Å². The van der Waals surface area contributed by atoms with Gasteiger partial charge in [-0.1, -0.05) is 31.2 Å². The van der Waals surface area contributed by atoms with Crippen LogP contribution in [0.15, 0.2) is 53.4 Å². The molecule has 2 rings (SSSR count). The molecule has 6 heteroatoms. The summed E-state index contributed by atoms with van der Waals surface area (Å²) in [6.45, 7) is 2.33. The van der Waals surface area contributed by atoms with E-state index in [0.29, 0.717) is 5.69 Å². The van der Waals surface area contributed by atoms with Crippen molar-refractivity contribution in [2.45, 2.75) is 24.8 Å². The first-order valence-electron chi connectivity index (χ1n) is 6.70. The predicted molar refractivity (Wildman–Crippen MR) is 84.1 cm³/mol. The second-order valence-corrected chi connectivity index (χ2v) is 6.38. The van der Waals surface area contributed by atoms with Gasteiger partial charge in [-0.15, -0.1) is 0 Å². The first-order chi connectivity index (χ1) is 10.1. The van der Waals surface area contributed by atoms with Crippen molar-refractivity contribution in [1.82, 2.24) is 4.72 Å². The van der Waals surface area contributed by atoms with Crippen LogP contribution in [-0.4, -0.2) is 8.42 Å². The van der Waals surface area contributed by atoms with Crippen molar-refractivity contribution in [1.29, 1.82) is 0 Å². The van der Waals surface area contributed by atoms with Crippen LogP contribution >= 0.6 is 0 Å². The maximum Gasteiger partial charge on any atom is 0.240 e. The summed E-state index contributed by atoms with van der Waals surface area (Å²) in [5.74, 6) is 5.26. The van der Waals surface area contributed by atoms with Crippen molar-refractivity contribution in [3.63, 3.8) is 0 Å². The molecule has 0 fully saturated rings. The van der Waals surface area contributed by atoms with Gasteiger partial charge in [-0.25, -0.2) is 13.1 Å². The lowest BCUT2D eigenvalue weighted by atomic mass is 10.1. The van der Waals surface area contributed by atoms with Crippen LogP contribution < -0.4 is 16.0 Å². The Morgan fingerprint density at radius 1 is 1.00 bits per heavy atom. The quantitative estimate of drug-likeness (QED) is 0.563. The molecular formula is C15H19N3O2S. The molecule has 0 heterocycles. The van der Waals surface area contributed by atoms with Gasteiger partial charge in [-0.2, -0.15) is 0 Å². The molecule has 2 aromatic rings. The van der Waals surface area contributed by atoms with E-state index in [-0.39, 0.29) is 11.4 Å². The standard InChI is InChI=1S/C15H19N3O2S/c1-2-12-5-3-4-6-13(12)11-17-21(19,20)15-9-7-14(18-16)8-10-15/h3-10,17-18H,2,11,16H2,1H3. The molecule has 0 aliphatic heterocycles. The maximum absolute atomic E-state index is 12.2. The van der Waals surface area contributed by atoms with E-state index in [2.05, 4.69) is 10.1 Å². The fourth-order valence-corrected chi connectivity index (χ4v) is 3.07. The van der Waals surface area contributed by atoms with Gasteiger partial charge in [0.1, 0.15) is 0 Å². The number of nitrogens with two attached hydrogens (primary N) is 1. The molecule has 0 radical (unpaired) electrons. The Hall–Kier alpha value is -1.89. The third-order valence-electron chi connectivity index (χ3n) is 3.28. The normalized spacial score (nSPS) is 11.3. The Balaban J connectivity index is 2.13. The van der Waals surface area contributed by atoms with Crippen molar-refractivity contribution >= 4 is 15.7 Å². The molecular weight excluding hydrogens is 286 g/mol. The molecule has 0 saturated heterocycles. The lowest BCUT2D eigenvalue weighted by Crippen LogP contribution is -2.23. The molecule has 0 atom stereocenters. The number of hydrogen-bond acceptors (Lipinski definition) is 4. The highest BCUT2D eigenvalue weighted by Crippen LogP contribution is 2.15. The lowest BCUT2D eigenvalue weighted by molar-refractivity contribution is 0.581. The molecule has 0 spiro atoms. The highest BCUT2D eigenvalue weighted by molar-refractivity contribution is 7.89. The monoisotopic (exact) mass is 305 g/mol. The minimum atomic E-state index is -3.53. The number of rotatable bonds is 6. The van der Waals surface area contributed by atoms with E-state index in [4.69, 9.17) is 5.84 Å². The van der Waals surface area contributed by atoms with Gasteiger partial charge in [0, 0.05) is 12.2 Å².